The lowest BCUT2D eigenvalue weighted by atomic mass is 10.2. The summed E-state index contributed by atoms with van der Waals surface area (Å²) >= 11 is 0. The Morgan fingerprint density at radius 1 is 1.21 bits per heavy atom. The number of carbonyl (C=O) groups is 1. The third-order valence-electron chi connectivity index (χ3n) is 2.44. The minimum Gasteiger partial charge on any atom is -0.337 e. The first kappa shape index (κ1) is 11.2. The van der Waals surface area contributed by atoms with Crippen LogP contribution in [0.4, 0.5) is 0 Å². The van der Waals surface area contributed by atoms with Crippen LogP contribution in [0.3, 0.4) is 0 Å². The van der Waals surface area contributed by atoms with Crippen LogP contribution < -0.4 is 0 Å². The first-order valence-corrected chi connectivity index (χ1v) is 5.25. The molecule has 3 heteroatoms. The van der Waals surface area contributed by atoms with Gasteiger partial charge in [0.25, 0.3) is 0 Å². The molecular formula is C11H20N2O. The standard InChI is InChI=1S/C11H20N2O/c1-10(2)4-5-11(14)13-8-6-12(3)7-9-13/h4-5,10H,6-9H2,1-3H3/b5-4+. The van der Waals surface area contributed by atoms with Gasteiger partial charge in [0.05, 0.1) is 0 Å². The molecule has 0 bridgehead atoms. The van der Waals surface area contributed by atoms with Crippen molar-refractivity contribution in [2.75, 3.05) is 33.2 Å². The molecule has 0 saturated carbocycles. The number of nitrogens with zero attached hydrogens (tertiary/aromatic N) is 2. The molecular weight excluding hydrogens is 176 g/mol. The number of piperazine rings is 1. The molecule has 1 fully saturated rings. The number of likely N-dealkylation sites (N-methyl/N-ethyl adjacent to an activating group) is 1. The van der Waals surface area contributed by atoms with Gasteiger partial charge in [-0.3, -0.25) is 4.79 Å². The zero-order valence-corrected chi connectivity index (χ0v) is 9.36. The van der Waals surface area contributed by atoms with Gasteiger partial charge in [-0.15, -0.1) is 0 Å². The molecule has 3 nitrogen and oxygen atoms in total. The van der Waals surface area contributed by atoms with Crippen molar-refractivity contribution in [3.63, 3.8) is 0 Å². The van der Waals surface area contributed by atoms with Crippen LogP contribution in [-0.4, -0.2) is 48.9 Å². The van der Waals surface area contributed by atoms with Gasteiger partial charge in [-0.1, -0.05) is 19.9 Å². The molecule has 0 aromatic rings. The maximum absolute atomic E-state index is 11.6. The van der Waals surface area contributed by atoms with Crippen LogP contribution in [0.2, 0.25) is 0 Å². The van der Waals surface area contributed by atoms with Crippen LogP contribution >= 0.6 is 0 Å². The molecule has 0 atom stereocenters. The lowest BCUT2D eigenvalue weighted by molar-refractivity contribution is -0.127. The van der Waals surface area contributed by atoms with E-state index in [1.165, 1.54) is 0 Å². The molecule has 0 spiro atoms. The Labute approximate surface area is 86.4 Å². The van der Waals surface area contributed by atoms with Crippen molar-refractivity contribution in [1.82, 2.24) is 9.80 Å². The van der Waals surface area contributed by atoms with Crippen molar-refractivity contribution < 1.29 is 4.79 Å². The topological polar surface area (TPSA) is 23.6 Å². The highest BCUT2D eigenvalue weighted by Gasteiger charge is 2.16. The van der Waals surface area contributed by atoms with E-state index in [-0.39, 0.29) is 5.91 Å². The van der Waals surface area contributed by atoms with Crippen molar-refractivity contribution in [2.24, 2.45) is 5.92 Å². The molecule has 0 aliphatic carbocycles. The fraction of sp³-hybridized carbons (Fsp3) is 0.727. The van der Waals surface area contributed by atoms with Crippen LogP contribution in [-0.2, 0) is 4.79 Å². The van der Waals surface area contributed by atoms with Crippen molar-refractivity contribution >= 4 is 5.91 Å². The molecule has 80 valence electrons. The zero-order chi connectivity index (χ0) is 10.6. The quantitative estimate of drug-likeness (QED) is 0.614. The molecule has 1 aliphatic rings. The van der Waals surface area contributed by atoms with Crippen LogP contribution in [0.25, 0.3) is 0 Å². The van der Waals surface area contributed by atoms with Gasteiger partial charge >= 0.3 is 0 Å². The summed E-state index contributed by atoms with van der Waals surface area (Å²) in [7, 11) is 2.09. The summed E-state index contributed by atoms with van der Waals surface area (Å²) in [4.78, 5) is 15.8. The normalized spacial score (nSPS) is 19.6. The van der Waals surface area contributed by atoms with E-state index < -0.39 is 0 Å². The molecule has 0 aromatic carbocycles. The summed E-state index contributed by atoms with van der Waals surface area (Å²) in [6, 6.07) is 0. The highest BCUT2D eigenvalue weighted by molar-refractivity contribution is 5.87. The fourth-order valence-electron chi connectivity index (χ4n) is 1.41. The first-order chi connectivity index (χ1) is 6.59. The third kappa shape index (κ3) is 3.50. The Morgan fingerprint density at radius 3 is 2.29 bits per heavy atom. The summed E-state index contributed by atoms with van der Waals surface area (Å²) in [5.41, 5.74) is 0. The Hall–Kier alpha value is -0.830. The number of hydrogen-bond acceptors (Lipinski definition) is 2. The summed E-state index contributed by atoms with van der Waals surface area (Å²) in [6.45, 7) is 7.85. The lowest BCUT2D eigenvalue weighted by Gasteiger charge is -2.31. The van der Waals surface area contributed by atoms with Gasteiger partial charge in [-0.05, 0) is 19.0 Å². The van der Waals surface area contributed by atoms with Gasteiger partial charge in [-0.2, -0.15) is 0 Å². The number of allylic oxidation sites excluding steroid dienone is 1. The van der Waals surface area contributed by atoms with E-state index in [4.69, 9.17) is 0 Å². The van der Waals surface area contributed by atoms with Gasteiger partial charge in [-0.25, -0.2) is 0 Å². The molecule has 0 unspecified atom stereocenters. The van der Waals surface area contributed by atoms with E-state index in [2.05, 4.69) is 25.8 Å². The van der Waals surface area contributed by atoms with E-state index in [1.807, 2.05) is 11.0 Å². The second kappa shape index (κ2) is 5.15. The molecule has 0 N–H and O–H groups in total. The van der Waals surface area contributed by atoms with E-state index in [9.17, 15) is 4.79 Å². The highest BCUT2D eigenvalue weighted by atomic mass is 16.2. The van der Waals surface area contributed by atoms with Crippen molar-refractivity contribution in [1.29, 1.82) is 0 Å². The minimum atomic E-state index is 0.159. The Kier molecular flexibility index (Phi) is 4.14. The predicted molar refractivity (Wildman–Crippen MR) is 58.1 cm³/mol. The summed E-state index contributed by atoms with van der Waals surface area (Å²) in [5.74, 6) is 0.609. The molecule has 1 amide bonds. The molecule has 0 radical (unpaired) electrons. The minimum absolute atomic E-state index is 0.159. The maximum atomic E-state index is 11.6. The Bertz CT molecular complexity index is 215. The second-order valence-electron chi connectivity index (χ2n) is 4.23. The largest absolute Gasteiger partial charge is 0.337 e. The van der Waals surface area contributed by atoms with Crippen LogP contribution in [0.15, 0.2) is 12.2 Å². The highest BCUT2D eigenvalue weighted by Crippen LogP contribution is 2.01. The van der Waals surface area contributed by atoms with Gasteiger partial charge < -0.3 is 9.80 Å². The monoisotopic (exact) mass is 196 g/mol. The molecule has 1 rings (SSSR count). The van der Waals surface area contributed by atoms with Gasteiger partial charge in [0.15, 0.2) is 0 Å². The third-order valence-corrected chi connectivity index (χ3v) is 2.44. The van der Waals surface area contributed by atoms with Crippen LogP contribution in [0.1, 0.15) is 13.8 Å². The predicted octanol–water partition coefficient (Wildman–Crippen LogP) is 0.973. The smallest absolute Gasteiger partial charge is 0.246 e. The summed E-state index contributed by atoms with van der Waals surface area (Å²) < 4.78 is 0. The molecule has 0 aromatic heterocycles. The second-order valence-corrected chi connectivity index (χ2v) is 4.23. The Balaban J connectivity index is 2.38. The summed E-state index contributed by atoms with van der Waals surface area (Å²) in [6.07, 6.45) is 3.66. The first-order valence-electron chi connectivity index (χ1n) is 5.25. The van der Waals surface area contributed by atoms with E-state index in [1.54, 1.807) is 6.08 Å². The molecule has 14 heavy (non-hydrogen) atoms. The number of amides is 1. The molecule has 1 heterocycles. The summed E-state index contributed by atoms with van der Waals surface area (Å²) in [5, 5.41) is 0. The maximum Gasteiger partial charge on any atom is 0.246 e. The van der Waals surface area contributed by atoms with Crippen LogP contribution in [0, 0.1) is 5.92 Å². The zero-order valence-electron chi connectivity index (χ0n) is 9.36. The van der Waals surface area contributed by atoms with Gasteiger partial charge in [0, 0.05) is 26.2 Å². The SMILES string of the molecule is CC(C)/C=C/C(=O)N1CCN(C)CC1. The van der Waals surface area contributed by atoms with Gasteiger partial charge in [0.1, 0.15) is 0 Å². The van der Waals surface area contributed by atoms with Gasteiger partial charge in [0.2, 0.25) is 5.91 Å². The number of rotatable bonds is 2. The molecule has 1 aliphatic heterocycles. The fourth-order valence-corrected chi connectivity index (χ4v) is 1.41. The van der Waals surface area contributed by atoms with E-state index in [0.29, 0.717) is 5.92 Å². The number of carbonyl (C=O) groups excluding carboxylic acids is 1. The number of hydrogen-bond donors (Lipinski definition) is 0. The average molecular weight is 196 g/mol. The van der Waals surface area contributed by atoms with E-state index in [0.717, 1.165) is 26.2 Å². The van der Waals surface area contributed by atoms with E-state index >= 15 is 0 Å². The van der Waals surface area contributed by atoms with Crippen molar-refractivity contribution in [2.45, 2.75) is 13.8 Å². The van der Waals surface area contributed by atoms with Crippen molar-refractivity contribution in [3.05, 3.63) is 12.2 Å². The van der Waals surface area contributed by atoms with Crippen LogP contribution in [0.5, 0.6) is 0 Å². The lowest BCUT2D eigenvalue weighted by Crippen LogP contribution is -2.46. The molecule has 1 saturated heterocycles. The Morgan fingerprint density at radius 2 is 1.79 bits per heavy atom. The van der Waals surface area contributed by atoms with Crippen molar-refractivity contribution in [3.8, 4) is 0 Å². The average Bonchev–Trinajstić information content (AvgIpc) is 2.15.